The smallest absolute Gasteiger partial charge is 0.286 e. The molecule has 1 aliphatic carbocycles. The molecule has 0 radical (unpaired) electrons. The maximum atomic E-state index is 12.3. The summed E-state index contributed by atoms with van der Waals surface area (Å²) in [6, 6.07) is 12.8. The van der Waals surface area contributed by atoms with E-state index >= 15 is 0 Å². The molecule has 3 nitrogen and oxygen atoms in total. The van der Waals surface area contributed by atoms with E-state index in [1.54, 1.807) is 0 Å². The first-order valence-corrected chi connectivity index (χ1v) is 8.11. The molecule has 1 aromatic carbocycles. The highest BCUT2D eigenvalue weighted by atomic mass is 16.2. The topological polar surface area (TPSA) is 33.0 Å². The van der Waals surface area contributed by atoms with Gasteiger partial charge in [0.2, 0.25) is 6.54 Å². The highest BCUT2D eigenvalue weighted by Crippen LogP contribution is 2.29. The van der Waals surface area contributed by atoms with Crippen LogP contribution in [0.15, 0.2) is 48.8 Å². The van der Waals surface area contributed by atoms with E-state index in [1.165, 1.54) is 16.7 Å². The number of benzene rings is 1. The molecule has 0 saturated carbocycles. The van der Waals surface area contributed by atoms with Gasteiger partial charge >= 0.3 is 0 Å². The summed E-state index contributed by atoms with van der Waals surface area (Å²) in [6.45, 7) is 2.51. The van der Waals surface area contributed by atoms with Gasteiger partial charge in [-0.15, -0.1) is 0 Å². The van der Waals surface area contributed by atoms with E-state index in [9.17, 15) is 4.79 Å². The normalized spacial score (nSPS) is 16.9. The van der Waals surface area contributed by atoms with Gasteiger partial charge in [-0.25, -0.2) is 0 Å². The number of nitrogens with one attached hydrogen (secondary N) is 1. The third kappa shape index (κ3) is 3.35. The monoisotopic (exact) mass is 295 g/mol. The van der Waals surface area contributed by atoms with Crippen LogP contribution in [0.2, 0.25) is 0 Å². The second kappa shape index (κ2) is 6.73. The Labute approximate surface area is 132 Å². The minimum absolute atomic E-state index is 0.0796. The predicted molar refractivity (Wildman–Crippen MR) is 86.3 cm³/mol. The molecule has 1 aromatic heterocycles. The fourth-order valence-electron chi connectivity index (χ4n) is 3.14. The molecule has 1 N–H and O–H groups in total. The lowest BCUT2D eigenvalue weighted by atomic mass is 9.88. The first kappa shape index (κ1) is 14.8. The Morgan fingerprint density at radius 1 is 1.23 bits per heavy atom. The van der Waals surface area contributed by atoms with E-state index in [2.05, 4.69) is 48.6 Å². The van der Waals surface area contributed by atoms with Crippen LogP contribution in [0.25, 0.3) is 0 Å². The van der Waals surface area contributed by atoms with Crippen LogP contribution in [0.3, 0.4) is 0 Å². The van der Waals surface area contributed by atoms with Crippen LogP contribution in [0, 0.1) is 0 Å². The van der Waals surface area contributed by atoms with Crippen molar-refractivity contribution in [3.8, 4) is 0 Å². The molecule has 22 heavy (non-hydrogen) atoms. The van der Waals surface area contributed by atoms with Gasteiger partial charge < -0.3 is 5.32 Å². The Balaban J connectivity index is 1.65. The lowest BCUT2D eigenvalue weighted by molar-refractivity contribution is -0.684. The van der Waals surface area contributed by atoms with Gasteiger partial charge in [0.05, 0.1) is 6.04 Å². The summed E-state index contributed by atoms with van der Waals surface area (Å²) < 4.78 is 1.93. The number of hydrogen-bond acceptors (Lipinski definition) is 1. The van der Waals surface area contributed by atoms with Crippen molar-refractivity contribution in [3.63, 3.8) is 0 Å². The Kier molecular flexibility index (Phi) is 4.52. The zero-order valence-corrected chi connectivity index (χ0v) is 13.1. The molecule has 2 aromatic rings. The van der Waals surface area contributed by atoms with Gasteiger partial charge in [0.25, 0.3) is 5.91 Å². The van der Waals surface area contributed by atoms with Crippen LogP contribution < -0.4 is 9.88 Å². The summed E-state index contributed by atoms with van der Waals surface area (Å²) >= 11 is 0. The van der Waals surface area contributed by atoms with E-state index in [0.29, 0.717) is 6.54 Å². The molecule has 0 saturated heterocycles. The summed E-state index contributed by atoms with van der Waals surface area (Å²) in [5.41, 5.74) is 3.95. The van der Waals surface area contributed by atoms with Crippen LogP contribution in [0.4, 0.5) is 0 Å². The van der Waals surface area contributed by atoms with Crippen molar-refractivity contribution in [2.75, 3.05) is 0 Å². The fraction of sp³-hybridized carbons (Fsp3) is 0.368. The zero-order valence-electron chi connectivity index (χ0n) is 13.1. The van der Waals surface area contributed by atoms with E-state index in [-0.39, 0.29) is 11.9 Å². The zero-order chi connectivity index (χ0) is 15.4. The van der Waals surface area contributed by atoms with Crippen molar-refractivity contribution in [3.05, 3.63) is 65.5 Å². The predicted octanol–water partition coefficient (Wildman–Crippen LogP) is 2.73. The maximum Gasteiger partial charge on any atom is 0.286 e. The largest absolute Gasteiger partial charge is 0.344 e. The molecule has 1 heterocycles. The number of fused-ring (bicyclic) bond motifs is 1. The molecule has 0 spiro atoms. The van der Waals surface area contributed by atoms with Crippen molar-refractivity contribution in [2.24, 2.45) is 0 Å². The van der Waals surface area contributed by atoms with Gasteiger partial charge in [-0.1, -0.05) is 31.2 Å². The second-order valence-electron chi connectivity index (χ2n) is 5.94. The van der Waals surface area contributed by atoms with Crippen molar-refractivity contribution >= 4 is 5.91 Å². The summed E-state index contributed by atoms with van der Waals surface area (Å²) in [5.74, 6) is 0.0796. The molecular formula is C19H23N2O+. The number of aromatic nitrogens is 1. The van der Waals surface area contributed by atoms with E-state index in [0.717, 1.165) is 25.7 Å². The minimum Gasteiger partial charge on any atom is -0.344 e. The van der Waals surface area contributed by atoms with Crippen molar-refractivity contribution in [1.29, 1.82) is 0 Å². The summed E-state index contributed by atoms with van der Waals surface area (Å²) in [4.78, 5) is 12.3. The highest BCUT2D eigenvalue weighted by molar-refractivity contribution is 5.75. The van der Waals surface area contributed by atoms with Crippen LogP contribution in [0.1, 0.15) is 42.5 Å². The summed E-state index contributed by atoms with van der Waals surface area (Å²) in [6.07, 6.45) is 8.27. The number of pyridine rings is 1. The van der Waals surface area contributed by atoms with Gasteiger partial charge in [-0.05, 0) is 42.4 Å². The highest BCUT2D eigenvalue weighted by Gasteiger charge is 2.22. The number of rotatable bonds is 4. The van der Waals surface area contributed by atoms with Crippen molar-refractivity contribution < 1.29 is 9.36 Å². The summed E-state index contributed by atoms with van der Waals surface area (Å²) in [5, 5.41) is 3.19. The van der Waals surface area contributed by atoms with Gasteiger partial charge in [0.15, 0.2) is 12.4 Å². The Bertz CT molecular complexity index is 649. The van der Waals surface area contributed by atoms with Crippen molar-refractivity contribution in [1.82, 2.24) is 5.32 Å². The molecular weight excluding hydrogens is 272 g/mol. The number of nitrogens with zero attached hydrogens (tertiary/aromatic N) is 1. The van der Waals surface area contributed by atoms with Gasteiger partial charge in [-0.3, -0.25) is 4.79 Å². The van der Waals surface area contributed by atoms with Crippen molar-refractivity contribution in [2.45, 2.75) is 45.2 Å². The number of amides is 1. The SMILES string of the molecule is CCc1cc[n+](CC(=O)N[C@H]2CCCc3ccccc32)cc1. The average molecular weight is 295 g/mol. The van der Waals surface area contributed by atoms with E-state index in [4.69, 9.17) is 0 Å². The second-order valence-corrected chi connectivity index (χ2v) is 5.94. The standard InChI is InChI=1S/C19H22N2O/c1-2-15-10-12-21(13-11-15)14-19(22)20-18-9-5-7-16-6-3-4-8-17(16)18/h3-4,6,8,10-13,18H,2,5,7,9,14H2,1H3/p+1/t18-/m0/s1. The number of aryl methyl sites for hydroxylation is 2. The lowest BCUT2D eigenvalue weighted by Crippen LogP contribution is -2.43. The molecule has 0 unspecified atom stereocenters. The maximum absolute atomic E-state index is 12.3. The first-order valence-electron chi connectivity index (χ1n) is 8.11. The molecule has 1 aliphatic rings. The van der Waals surface area contributed by atoms with Gasteiger partial charge in [-0.2, -0.15) is 4.57 Å². The fourth-order valence-corrected chi connectivity index (χ4v) is 3.14. The van der Waals surface area contributed by atoms with E-state index in [1.807, 2.05) is 17.0 Å². The Morgan fingerprint density at radius 3 is 2.77 bits per heavy atom. The van der Waals surface area contributed by atoms with Crippen LogP contribution in [0.5, 0.6) is 0 Å². The average Bonchev–Trinajstić information content (AvgIpc) is 2.56. The van der Waals surface area contributed by atoms with Gasteiger partial charge in [0, 0.05) is 12.1 Å². The minimum atomic E-state index is 0.0796. The number of hydrogen-bond donors (Lipinski definition) is 1. The quantitative estimate of drug-likeness (QED) is 0.864. The lowest BCUT2D eigenvalue weighted by Gasteiger charge is -2.25. The van der Waals surface area contributed by atoms with Crippen LogP contribution >= 0.6 is 0 Å². The molecule has 0 bridgehead atoms. The molecule has 0 aliphatic heterocycles. The van der Waals surface area contributed by atoms with Crippen LogP contribution in [-0.4, -0.2) is 5.91 Å². The molecule has 1 atom stereocenters. The number of carbonyl (C=O) groups is 1. The van der Waals surface area contributed by atoms with E-state index < -0.39 is 0 Å². The third-order valence-electron chi connectivity index (χ3n) is 4.40. The molecule has 3 heteroatoms. The van der Waals surface area contributed by atoms with Crippen LogP contribution in [-0.2, 0) is 24.2 Å². The van der Waals surface area contributed by atoms with Gasteiger partial charge in [0.1, 0.15) is 0 Å². The Morgan fingerprint density at radius 2 is 2.00 bits per heavy atom. The Hall–Kier alpha value is -2.16. The molecule has 1 amide bonds. The third-order valence-corrected chi connectivity index (χ3v) is 4.40. The number of carbonyl (C=O) groups excluding carboxylic acids is 1. The molecule has 0 fully saturated rings. The molecule has 3 rings (SSSR count). The molecule has 114 valence electrons. The first-order chi connectivity index (χ1) is 10.8. The summed E-state index contributed by atoms with van der Waals surface area (Å²) in [7, 11) is 0.